The van der Waals surface area contributed by atoms with E-state index >= 15 is 0 Å². The van der Waals surface area contributed by atoms with Crippen LogP contribution in [0.2, 0.25) is 5.02 Å². The van der Waals surface area contributed by atoms with Crippen LogP contribution in [0.15, 0.2) is 36.4 Å². The number of para-hydroxylation sites is 1. The summed E-state index contributed by atoms with van der Waals surface area (Å²) < 4.78 is 1.67. The molecule has 1 amide bonds. The molecule has 0 unspecified atom stereocenters. The Labute approximate surface area is 143 Å². The number of hydrogen-bond acceptors (Lipinski definition) is 5. The van der Waals surface area contributed by atoms with Gasteiger partial charge in [-0.15, -0.1) is 15.3 Å². The molecule has 122 valence electrons. The van der Waals surface area contributed by atoms with Crippen LogP contribution >= 0.6 is 11.6 Å². The molecule has 1 atom stereocenters. The van der Waals surface area contributed by atoms with Crippen molar-refractivity contribution in [3.63, 3.8) is 0 Å². The van der Waals surface area contributed by atoms with E-state index in [0.29, 0.717) is 35.3 Å². The number of rotatable bonds is 3. The third-order valence-corrected chi connectivity index (χ3v) is 4.36. The number of aromatic nitrogens is 4. The number of carbonyl (C=O) groups excluding carboxylic acids is 1. The van der Waals surface area contributed by atoms with E-state index in [-0.39, 0.29) is 11.9 Å². The van der Waals surface area contributed by atoms with Crippen LogP contribution in [0.25, 0.3) is 5.65 Å². The molecule has 1 fully saturated rings. The molecule has 0 spiro atoms. The van der Waals surface area contributed by atoms with E-state index in [9.17, 15) is 4.79 Å². The van der Waals surface area contributed by atoms with Gasteiger partial charge in [0.05, 0.1) is 16.8 Å². The third kappa shape index (κ3) is 2.56. The maximum absolute atomic E-state index is 12.3. The summed E-state index contributed by atoms with van der Waals surface area (Å²) in [4.78, 5) is 14.0. The van der Waals surface area contributed by atoms with Gasteiger partial charge in [-0.2, -0.15) is 4.52 Å². The van der Waals surface area contributed by atoms with Gasteiger partial charge in [0.15, 0.2) is 11.5 Å². The Balaban J connectivity index is 1.54. The normalized spacial score (nSPS) is 17.7. The zero-order chi connectivity index (χ0) is 16.7. The van der Waals surface area contributed by atoms with Gasteiger partial charge in [0.25, 0.3) is 0 Å². The number of fused-ring (bicyclic) bond motifs is 1. The summed E-state index contributed by atoms with van der Waals surface area (Å²) in [5.41, 5.74) is 1.43. The van der Waals surface area contributed by atoms with E-state index in [4.69, 9.17) is 11.6 Å². The highest BCUT2D eigenvalue weighted by molar-refractivity contribution is 6.33. The first-order valence-corrected chi connectivity index (χ1v) is 8.00. The zero-order valence-electron chi connectivity index (χ0n) is 13.0. The summed E-state index contributed by atoms with van der Waals surface area (Å²) in [7, 11) is 0. The monoisotopic (exact) mass is 342 g/mol. The molecule has 1 aromatic carbocycles. The summed E-state index contributed by atoms with van der Waals surface area (Å²) in [6.07, 6.45) is 0.395. The van der Waals surface area contributed by atoms with Gasteiger partial charge in [-0.05, 0) is 31.2 Å². The van der Waals surface area contributed by atoms with E-state index in [0.717, 1.165) is 5.69 Å². The number of nitrogens with zero attached hydrogens (tertiary/aromatic N) is 5. The molecule has 0 saturated carbocycles. The van der Waals surface area contributed by atoms with E-state index in [2.05, 4.69) is 20.6 Å². The summed E-state index contributed by atoms with van der Waals surface area (Å²) in [5.74, 6) is 1.44. The van der Waals surface area contributed by atoms with Gasteiger partial charge in [-0.3, -0.25) is 4.79 Å². The first-order valence-electron chi connectivity index (χ1n) is 7.62. The highest BCUT2D eigenvalue weighted by atomic mass is 35.5. The smallest absolute Gasteiger partial charge is 0.229 e. The highest BCUT2D eigenvalue weighted by Gasteiger charge is 2.31. The van der Waals surface area contributed by atoms with Crippen LogP contribution in [0.3, 0.4) is 0 Å². The van der Waals surface area contributed by atoms with Crippen molar-refractivity contribution >= 4 is 34.7 Å². The van der Waals surface area contributed by atoms with Gasteiger partial charge in [0.2, 0.25) is 5.91 Å². The molecule has 0 bridgehead atoms. The molecule has 3 aromatic rings. The molecule has 0 aliphatic carbocycles. The molecule has 3 heterocycles. The summed E-state index contributed by atoms with van der Waals surface area (Å²) in [6, 6.07) is 11.0. The zero-order valence-corrected chi connectivity index (χ0v) is 13.7. The fraction of sp³-hybridized carbons (Fsp3) is 0.250. The Kier molecular flexibility index (Phi) is 3.57. The van der Waals surface area contributed by atoms with Gasteiger partial charge in [0.1, 0.15) is 5.82 Å². The molecule has 8 heteroatoms. The van der Waals surface area contributed by atoms with E-state index < -0.39 is 0 Å². The van der Waals surface area contributed by atoms with Gasteiger partial charge < -0.3 is 10.2 Å². The van der Waals surface area contributed by atoms with Gasteiger partial charge >= 0.3 is 0 Å². The number of aryl methyl sites for hydroxylation is 1. The molecule has 0 radical (unpaired) electrons. The minimum Gasteiger partial charge on any atom is -0.364 e. The average molecular weight is 343 g/mol. The minimum absolute atomic E-state index is 0.0319. The maximum atomic E-state index is 12.3. The second-order valence-corrected chi connectivity index (χ2v) is 6.14. The van der Waals surface area contributed by atoms with E-state index in [1.54, 1.807) is 15.5 Å². The van der Waals surface area contributed by atoms with Gasteiger partial charge in [-0.1, -0.05) is 23.7 Å². The van der Waals surface area contributed by atoms with Crippen LogP contribution in [0.4, 0.5) is 11.5 Å². The third-order valence-electron chi connectivity index (χ3n) is 4.04. The number of benzene rings is 1. The van der Waals surface area contributed by atoms with Crippen molar-refractivity contribution in [2.24, 2.45) is 0 Å². The van der Waals surface area contributed by atoms with Crippen molar-refractivity contribution in [3.8, 4) is 0 Å². The summed E-state index contributed by atoms with van der Waals surface area (Å²) in [5, 5.41) is 16.3. The van der Waals surface area contributed by atoms with Gasteiger partial charge in [0, 0.05) is 13.0 Å². The van der Waals surface area contributed by atoms with Crippen LogP contribution in [0.5, 0.6) is 0 Å². The number of halogens is 1. The molecule has 4 rings (SSSR count). The Morgan fingerprint density at radius 3 is 2.88 bits per heavy atom. The lowest BCUT2D eigenvalue weighted by Gasteiger charge is -2.18. The quantitative estimate of drug-likeness (QED) is 0.790. The van der Waals surface area contributed by atoms with Crippen molar-refractivity contribution < 1.29 is 4.79 Å². The standard InChI is InChI=1S/C16H15ClN6O/c1-10-19-20-15-7-6-14(21-23(10)15)18-11-8-16(24)22(9-11)13-5-3-2-4-12(13)17/h2-7,11H,8-9H2,1H3,(H,18,21)/t11-/m1/s1. The Morgan fingerprint density at radius 1 is 1.21 bits per heavy atom. The Morgan fingerprint density at radius 2 is 2.04 bits per heavy atom. The first kappa shape index (κ1) is 14.9. The first-order chi connectivity index (χ1) is 11.6. The van der Waals surface area contributed by atoms with Crippen molar-refractivity contribution in [2.75, 3.05) is 16.8 Å². The van der Waals surface area contributed by atoms with Crippen molar-refractivity contribution in [2.45, 2.75) is 19.4 Å². The number of nitrogens with one attached hydrogen (secondary N) is 1. The highest BCUT2D eigenvalue weighted by Crippen LogP contribution is 2.29. The number of hydrogen-bond donors (Lipinski definition) is 1. The molecular weight excluding hydrogens is 328 g/mol. The SMILES string of the molecule is Cc1nnc2ccc(N[C@@H]3CC(=O)N(c4ccccc4Cl)C3)nn12. The van der Waals surface area contributed by atoms with Crippen LogP contribution in [0, 0.1) is 6.92 Å². The topological polar surface area (TPSA) is 75.4 Å². The van der Waals surface area contributed by atoms with Crippen molar-refractivity contribution in [1.29, 1.82) is 0 Å². The molecule has 2 aromatic heterocycles. The van der Waals surface area contributed by atoms with Crippen LogP contribution < -0.4 is 10.2 Å². The fourth-order valence-corrected chi connectivity index (χ4v) is 3.13. The maximum Gasteiger partial charge on any atom is 0.229 e. The number of carbonyl (C=O) groups is 1. The second-order valence-electron chi connectivity index (χ2n) is 5.74. The largest absolute Gasteiger partial charge is 0.364 e. The average Bonchev–Trinajstić information content (AvgIpc) is 3.11. The molecule has 1 aliphatic heterocycles. The lowest BCUT2D eigenvalue weighted by atomic mass is 10.2. The lowest BCUT2D eigenvalue weighted by Crippen LogP contribution is -2.28. The predicted octanol–water partition coefficient (Wildman–Crippen LogP) is 2.30. The van der Waals surface area contributed by atoms with Crippen LogP contribution in [0.1, 0.15) is 12.2 Å². The predicted molar refractivity (Wildman–Crippen MR) is 91.4 cm³/mol. The fourth-order valence-electron chi connectivity index (χ4n) is 2.89. The van der Waals surface area contributed by atoms with Crippen LogP contribution in [-0.4, -0.2) is 38.3 Å². The van der Waals surface area contributed by atoms with E-state index in [1.807, 2.05) is 37.3 Å². The van der Waals surface area contributed by atoms with Gasteiger partial charge in [-0.25, -0.2) is 0 Å². The molecule has 1 N–H and O–H groups in total. The molecule has 1 saturated heterocycles. The van der Waals surface area contributed by atoms with Crippen molar-refractivity contribution in [3.05, 3.63) is 47.2 Å². The Hall–Kier alpha value is -2.67. The molecular formula is C16H15ClN6O. The lowest BCUT2D eigenvalue weighted by molar-refractivity contribution is -0.117. The van der Waals surface area contributed by atoms with Crippen LogP contribution in [-0.2, 0) is 4.79 Å². The Bertz CT molecular complexity index is 924. The molecule has 1 aliphatic rings. The second kappa shape index (κ2) is 5.76. The number of anilines is 2. The molecule has 24 heavy (non-hydrogen) atoms. The minimum atomic E-state index is -0.0319. The summed E-state index contributed by atoms with van der Waals surface area (Å²) >= 11 is 6.20. The molecule has 7 nitrogen and oxygen atoms in total. The van der Waals surface area contributed by atoms with E-state index in [1.165, 1.54) is 0 Å². The van der Waals surface area contributed by atoms with Crippen molar-refractivity contribution in [1.82, 2.24) is 19.8 Å². The number of amides is 1. The summed E-state index contributed by atoms with van der Waals surface area (Å²) in [6.45, 7) is 2.39.